The van der Waals surface area contributed by atoms with E-state index in [1.165, 1.54) is 4.90 Å². The molecule has 1 amide bonds. The topological polar surface area (TPSA) is 94.5 Å². The second-order valence-electron chi connectivity index (χ2n) is 9.70. The second kappa shape index (κ2) is 11.3. The minimum Gasteiger partial charge on any atom is -0.466 e. The van der Waals surface area contributed by atoms with E-state index in [1.807, 2.05) is 0 Å². The quantitative estimate of drug-likeness (QED) is 0.258. The first-order valence-electron chi connectivity index (χ1n) is 10.3. The summed E-state index contributed by atoms with van der Waals surface area (Å²) in [6, 6.07) is 1.04. The van der Waals surface area contributed by atoms with Gasteiger partial charge >= 0.3 is 12.1 Å². The van der Waals surface area contributed by atoms with E-state index in [-0.39, 0.29) is 33.1 Å². The summed E-state index contributed by atoms with van der Waals surface area (Å²) in [5.41, 5.74) is -0.650. The molecule has 170 valence electrons. The van der Waals surface area contributed by atoms with Gasteiger partial charge in [0.2, 0.25) is 0 Å². The lowest BCUT2D eigenvalue weighted by Crippen LogP contribution is -2.56. The molecule has 1 aliphatic heterocycles. The molecule has 0 aromatic heterocycles. The van der Waals surface area contributed by atoms with Crippen LogP contribution in [0.2, 0.25) is 25.7 Å². The first-order chi connectivity index (χ1) is 13.3. The number of piperidine rings is 1. The zero-order valence-electron chi connectivity index (χ0n) is 19.0. The maximum absolute atomic E-state index is 12.5. The number of amides is 1. The van der Waals surface area contributed by atoms with Crippen LogP contribution in [0, 0.1) is 11.8 Å². The molecular weight excluding hydrogens is 394 g/mol. The molecule has 0 aliphatic carbocycles. The Kier molecular flexibility index (Phi) is 10.1. The Morgan fingerprint density at radius 3 is 2.34 bits per heavy atom. The second-order valence-corrected chi connectivity index (χ2v) is 15.3. The molecule has 0 radical (unpaired) electrons. The van der Waals surface area contributed by atoms with Crippen molar-refractivity contribution in [3.63, 3.8) is 0 Å². The van der Waals surface area contributed by atoms with Gasteiger partial charge in [-0.05, 0) is 33.7 Å². The molecule has 0 aromatic carbocycles. The first-order valence-corrected chi connectivity index (χ1v) is 14.0. The minimum atomic E-state index is -1.16. The van der Waals surface area contributed by atoms with Crippen molar-refractivity contribution in [3.8, 4) is 0 Å². The van der Waals surface area contributed by atoms with E-state index in [0.29, 0.717) is 6.61 Å². The molecule has 0 spiro atoms. The average molecular weight is 434 g/mol. The lowest BCUT2D eigenvalue weighted by atomic mass is 9.86. The van der Waals surface area contributed by atoms with E-state index in [1.54, 1.807) is 27.7 Å². The van der Waals surface area contributed by atoms with E-state index in [9.17, 15) is 14.7 Å². The number of likely N-dealkylation sites (tertiary alicyclic amines) is 1. The molecule has 8 nitrogen and oxygen atoms in total. The fourth-order valence-electron chi connectivity index (χ4n) is 2.93. The summed E-state index contributed by atoms with van der Waals surface area (Å²) in [6.45, 7) is 15.3. The van der Waals surface area contributed by atoms with Gasteiger partial charge in [-0.2, -0.15) is 0 Å². The smallest absolute Gasteiger partial charge is 0.410 e. The van der Waals surface area contributed by atoms with Gasteiger partial charge in [-0.3, -0.25) is 4.79 Å². The maximum atomic E-state index is 12.5. The van der Waals surface area contributed by atoms with E-state index in [2.05, 4.69) is 19.6 Å². The van der Waals surface area contributed by atoms with Crippen molar-refractivity contribution < 1.29 is 33.6 Å². The van der Waals surface area contributed by atoms with Crippen LogP contribution in [0.4, 0.5) is 4.79 Å². The SMILES string of the molecule is CCOC(=O)C1CN(C(=O)OC(C)(C)C)CC(COCOCC[Si](C)(C)C)C1O. The number of esters is 1. The number of aliphatic hydroxyl groups excluding tert-OH is 1. The molecular formula is C20H39NO7Si. The summed E-state index contributed by atoms with van der Waals surface area (Å²) in [7, 11) is -1.16. The number of hydrogen-bond donors (Lipinski definition) is 1. The number of rotatable bonds is 9. The maximum Gasteiger partial charge on any atom is 0.410 e. The lowest BCUT2D eigenvalue weighted by Gasteiger charge is -2.40. The molecule has 1 rings (SSSR count). The molecule has 0 aromatic rings. The van der Waals surface area contributed by atoms with Crippen molar-refractivity contribution in [2.24, 2.45) is 11.8 Å². The van der Waals surface area contributed by atoms with Gasteiger partial charge < -0.3 is 29.0 Å². The third kappa shape index (κ3) is 9.93. The number of ether oxygens (including phenoxy) is 4. The number of carbonyl (C=O) groups excluding carboxylic acids is 2. The van der Waals surface area contributed by atoms with E-state index < -0.39 is 43.7 Å². The van der Waals surface area contributed by atoms with Crippen LogP contribution in [0.15, 0.2) is 0 Å². The van der Waals surface area contributed by atoms with Crippen LogP contribution in [0.3, 0.4) is 0 Å². The fourth-order valence-corrected chi connectivity index (χ4v) is 3.68. The molecule has 1 saturated heterocycles. The highest BCUT2D eigenvalue weighted by molar-refractivity contribution is 6.76. The zero-order chi connectivity index (χ0) is 22.2. The highest BCUT2D eigenvalue weighted by Crippen LogP contribution is 2.26. The van der Waals surface area contributed by atoms with Crippen LogP contribution in [-0.4, -0.2) is 81.6 Å². The Labute approximate surface area is 175 Å². The molecule has 1 aliphatic rings. The zero-order valence-corrected chi connectivity index (χ0v) is 20.0. The third-order valence-electron chi connectivity index (χ3n) is 4.50. The Morgan fingerprint density at radius 1 is 1.14 bits per heavy atom. The normalized spacial score (nSPS) is 23.0. The third-order valence-corrected chi connectivity index (χ3v) is 6.21. The number of carbonyl (C=O) groups is 2. The standard InChI is InChI=1S/C20H39NO7Si/c1-8-27-18(23)16-12-21(19(24)28-20(2,3)4)11-15(17(16)22)13-26-14-25-9-10-29(5,6)7/h15-17,22H,8-14H2,1-7H3. The van der Waals surface area contributed by atoms with Crippen LogP contribution >= 0.6 is 0 Å². The van der Waals surface area contributed by atoms with Crippen molar-refractivity contribution in [2.45, 2.75) is 65.1 Å². The Morgan fingerprint density at radius 2 is 1.79 bits per heavy atom. The van der Waals surface area contributed by atoms with Gasteiger partial charge in [0.15, 0.2) is 0 Å². The van der Waals surface area contributed by atoms with Gasteiger partial charge in [-0.1, -0.05) is 19.6 Å². The Balaban J connectivity index is 2.67. The van der Waals surface area contributed by atoms with E-state index in [0.717, 1.165) is 6.04 Å². The molecule has 1 heterocycles. The number of aliphatic hydroxyl groups is 1. The van der Waals surface area contributed by atoms with E-state index >= 15 is 0 Å². The van der Waals surface area contributed by atoms with Crippen LogP contribution in [-0.2, 0) is 23.7 Å². The summed E-state index contributed by atoms with van der Waals surface area (Å²) in [4.78, 5) is 26.2. The summed E-state index contributed by atoms with van der Waals surface area (Å²) >= 11 is 0. The predicted molar refractivity (Wildman–Crippen MR) is 112 cm³/mol. The molecule has 0 bridgehead atoms. The average Bonchev–Trinajstić information content (AvgIpc) is 2.56. The molecule has 29 heavy (non-hydrogen) atoms. The van der Waals surface area contributed by atoms with Crippen LogP contribution < -0.4 is 0 Å². The van der Waals surface area contributed by atoms with Crippen LogP contribution in [0.25, 0.3) is 0 Å². The highest BCUT2D eigenvalue weighted by atomic mass is 28.3. The van der Waals surface area contributed by atoms with Gasteiger partial charge in [-0.15, -0.1) is 0 Å². The van der Waals surface area contributed by atoms with Crippen molar-refractivity contribution in [1.29, 1.82) is 0 Å². The van der Waals surface area contributed by atoms with Gasteiger partial charge in [0.05, 0.1) is 19.3 Å². The molecule has 1 fully saturated rings. The molecule has 1 N–H and O–H groups in total. The van der Waals surface area contributed by atoms with Gasteiger partial charge in [0, 0.05) is 33.7 Å². The summed E-state index contributed by atoms with van der Waals surface area (Å²) in [5.74, 6) is -1.80. The van der Waals surface area contributed by atoms with Gasteiger partial charge in [-0.25, -0.2) is 4.79 Å². The number of nitrogens with zero attached hydrogens (tertiary/aromatic N) is 1. The summed E-state index contributed by atoms with van der Waals surface area (Å²) in [6.07, 6.45) is -1.48. The van der Waals surface area contributed by atoms with Gasteiger partial charge in [0.1, 0.15) is 18.3 Å². The van der Waals surface area contributed by atoms with Crippen molar-refractivity contribution in [2.75, 3.05) is 39.7 Å². The Hall–Kier alpha value is -1.16. The summed E-state index contributed by atoms with van der Waals surface area (Å²) < 4.78 is 21.6. The minimum absolute atomic E-state index is 0.0537. The van der Waals surface area contributed by atoms with Crippen molar-refractivity contribution >= 4 is 20.1 Å². The largest absolute Gasteiger partial charge is 0.466 e. The molecule has 9 heteroatoms. The lowest BCUT2D eigenvalue weighted by molar-refractivity contribution is -0.160. The predicted octanol–water partition coefficient (Wildman–Crippen LogP) is 2.72. The highest BCUT2D eigenvalue weighted by Gasteiger charge is 2.43. The van der Waals surface area contributed by atoms with Crippen LogP contribution in [0.5, 0.6) is 0 Å². The fraction of sp³-hybridized carbons (Fsp3) is 0.900. The summed E-state index contributed by atoms with van der Waals surface area (Å²) in [5, 5.41) is 10.7. The van der Waals surface area contributed by atoms with Crippen molar-refractivity contribution in [3.05, 3.63) is 0 Å². The monoisotopic (exact) mass is 433 g/mol. The van der Waals surface area contributed by atoms with Gasteiger partial charge in [0.25, 0.3) is 0 Å². The number of hydrogen-bond acceptors (Lipinski definition) is 7. The first kappa shape index (κ1) is 25.9. The van der Waals surface area contributed by atoms with Crippen LogP contribution in [0.1, 0.15) is 27.7 Å². The van der Waals surface area contributed by atoms with E-state index in [4.69, 9.17) is 18.9 Å². The molecule has 3 atom stereocenters. The Bertz CT molecular complexity index is 530. The van der Waals surface area contributed by atoms with Crippen molar-refractivity contribution in [1.82, 2.24) is 4.90 Å². The molecule has 0 saturated carbocycles. The molecule has 3 unspecified atom stereocenters.